The van der Waals surface area contributed by atoms with E-state index in [1.54, 1.807) is 18.3 Å². The van der Waals surface area contributed by atoms with Gasteiger partial charge in [0.05, 0.1) is 4.88 Å². The first-order valence-electron chi connectivity index (χ1n) is 7.48. The molecule has 0 unspecified atom stereocenters. The van der Waals surface area contributed by atoms with E-state index in [4.69, 9.17) is 0 Å². The van der Waals surface area contributed by atoms with Gasteiger partial charge in [-0.1, -0.05) is 0 Å². The number of thiophene rings is 1. The highest BCUT2D eigenvalue weighted by Gasteiger charge is 2.25. The molecule has 0 aliphatic carbocycles. The minimum absolute atomic E-state index is 0.180. The number of hydrogen-bond acceptors (Lipinski definition) is 5. The van der Waals surface area contributed by atoms with E-state index < -0.39 is 0 Å². The summed E-state index contributed by atoms with van der Waals surface area (Å²) in [6.45, 7) is 9.60. The van der Waals surface area contributed by atoms with Crippen molar-refractivity contribution in [1.82, 2.24) is 15.1 Å². The summed E-state index contributed by atoms with van der Waals surface area (Å²) < 4.78 is 0. The summed E-state index contributed by atoms with van der Waals surface area (Å²) in [5.41, 5.74) is 1.29. The van der Waals surface area contributed by atoms with Gasteiger partial charge in [0.15, 0.2) is 5.78 Å². The molecular formula is C15H23N3OS. The van der Waals surface area contributed by atoms with E-state index in [0.29, 0.717) is 0 Å². The van der Waals surface area contributed by atoms with Crippen LogP contribution in [0.5, 0.6) is 0 Å². The molecule has 1 aromatic heterocycles. The van der Waals surface area contributed by atoms with Crippen molar-refractivity contribution < 1.29 is 4.79 Å². The summed E-state index contributed by atoms with van der Waals surface area (Å²) in [6.07, 6.45) is 1.30. The van der Waals surface area contributed by atoms with Crippen LogP contribution in [0.15, 0.2) is 11.4 Å². The summed E-state index contributed by atoms with van der Waals surface area (Å²) in [7, 11) is 0. The average Bonchev–Trinajstić information content (AvgIpc) is 3.10. The van der Waals surface area contributed by atoms with Gasteiger partial charge in [0.2, 0.25) is 0 Å². The van der Waals surface area contributed by atoms with Crippen LogP contribution in [-0.4, -0.2) is 60.9 Å². The van der Waals surface area contributed by atoms with Crippen LogP contribution < -0.4 is 5.32 Å². The molecular weight excluding hydrogens is 270 g/mol. The van der Waals surface area contributed by atoms with Gasteiger partial charge in [-0.2, -0.15) is 0 Å². The fourth-order valence-electron chi connectivity index (χ4n) is 3.14. The third-order valence-corrected chi connectivity index (χ3v) is 5.44. The predicted molar refractivity (Wildman–Crippen MR) is 82.4 cm³/mol. The fourth-order valence-corrected chi connectivity index (χ4v) is 3.95. The number of carbonyl (C=O) groups excluding carboxylic acids is 1. The Morgan fingerprint density at radius 2 is 2.20 bits per heavy atom. The third-order valence-electron chi connectivity index (χ3n) is 4.36. The molecule has 2 aliphatic heterocycles. The van der Waals surface area contributed by atoms with Crippen molar-refractivity contribution in [2.75, 3.05) is 39.3 Å². The maximum absolute atomic E-state index is 11.3. The zero-order valence-corrected chi connectivity index (χ0v) is 12.9. The Morgan fingerprint density at radius 3 is 2.80 bits per heavy atom. The molecule has 5 heteroatoms. The highest BCUT2D eigenvalue weighted by Crippen LogP contribution is 2.18. The van der Waals surface area contributed by atoms with Crippen molar-refractivity contribution in [3.8, 4) is 0 Å². The van der Waals surface area contributed by atoms with Crippen LogP contribution >= 0.6 is 11.3 Å². The largest absolute Gasteiger partial charge is 0.315 e. The van der Waals surface area contributed by atoms with Crippen LogP contribution in [0.1, 0.15) is 28.6 Å². The lowest BCUT2D eigenvalue weighted by Crippen LogP contribution is -2.50. The topological polar surface area (TPSA) is 35.6 Å². The lowest BCUT2D eigenvalue weighted by atomic mass is 10.1. The van der Waals surface area contributed by atoms with Gasteiger partial charge in [-0.25, -0.2) is 0 Å². The normalized spacial score (nSPS) is 25.1. The summed E-state index contributed by atoms with van der Waals surface area (Å²) in [5, 5.41) is 5.58. The summed E-state index contributed by atoms with van der Waals surface area (Å²) in [6, 6.07) is 2.81. The Morgan fingerprint density at radius 1 is 1.40 bits per heavy atom. The van der Waals surface area contributed by atoms with Gasteiger partial charge < -0.3 is 5.32 Å². The average molecular weight is 293 g/mol. The Balaban J connectivity index is 1.49. The second-order valence-electron chi connectivity index (χ2n) is 5.83. The second kappa shape index (κ2) is 6.35. The number of nitrogens with one attached hydrogen (secondary N) is 1. The first-order valence-corrected chi connectivity index (χ1v) is 8.36. The van der Waals surface area contributed by atoms with Crippen LogP contribution in [0, 0.1) is 0 Å². The Kier molecular flexibility index (Phi) is 4.51. The van der Waals surface area contributed by atoms with E-state index in [2.05, 4.69) is 26.6 Å². The molecule has 2 fully saturated rings. The minimum atomic E-state index is 0.180. The lowest BCUT2D eigenvalue weighted by Gasteiger charge is -2.37. The summed E-state index contributed by atoms with van der Waals surface area (Å²) in [4.78, 5) is 17.3. The third kappa shape index (κ3) is 3.28. The Labute approximate surface area is 124 Å². The first-order chi connectivity index (χ1) is 9.72. The molecule has 3 heterocycles. The van der Waals surface area contributed by atoms with Crippen molar-refractivity contribution in [2.24, 2.45) is 0 Å². The van der Waals surface area contributed by atoms with Gasteiger partial charge in [-0.05, 0) is 36.9 Å². The van der Waals surface area contributed by atoms with Gasteiger partial charge in [-0.3, -0.25) is 14.6 Å². The Hall–Kier alpha value is -0.750. The molecule has 2 aliphatic rings. The van der Waals surface area contributed by atoms with E-state index in [9.17, 15) is 4.79 Å². The van der Waals surface area contributed by atoms with Crippen molar-refractivity contribution in [1.29, 1.82) is 0 Å². The lowest BCUT2D eigenvalue weighted by molar-refractivity contribution is 0.0980. The molecule has 0 radical (unpaired) electrons. The van der Waals surface area contributed by atoms with Gasteiger partial charge in [-0.15, -0.1) is 11.3 Å². The molecule has 1 atom stereocenters. The quantitative estimate of drug-likeness (QED) is 0.852. The van der Waals surface area contributed by atoms with Crippen LogP contribution in [0.4, 0.5) is 0 Å². The van der Waals surface area contributed by atoms with Crippen molar-refractivity contribution in [3.05, 3.63) is 21.9 Å². The van der Waals surface area contributed by atoms with E-state index >= 15 is 0 Å². The molecule has 4 nitrogen and oxygen atoms in total. The van der Waals surface area contributed by atoms with Gasteiger partial charge in [0.25, 0.3) is 0 Å². The van der Waals surface area contributed by atoms with E-state index in [0.717, 1.165) is 37.1 Å². The number of Topliss-reactive ketones (excluding diaryl/α,β-unsaturated/α-hetero) is 1. The van der Waals surface area contributed by atoms with Crippen molar-refractivity contribution >= 4 is 17.1 Å². The van der Waals surface area contributed by atoms with Gasteiger partial charge >= 0.3 is 0 Å². The number of piperazine rings is 1. The molecule has 110 valence electrons. The van der Waals surface area contributed by atoms with Gasteiger partial charge in [0.1, 0.15) is 0 Å². The maximum atomic E-state index is 11.3. The number of carbonyl (C=O) groups is 1. The highest BCUT2D eigenvalue weighted by atomic mass is 32.1. The molecule has 0 saturated carbocycles. The first kappa shape index (κ1) is 14.2. The van der Waals surface area contributed by atoms with Crippen LogP contribution in [0.25, 0.3) is 0 Å². The summed E-state index contributed by atoms with van der Waals surface area (Å²) >= 11 is 1.57. The van der Waals surface area contributed by atoms with Crippen LogP contribution in [0.3, 0.4) is 0 Å². The SMILES string of the molecule is CC(=O)c1cc(CN2CCN([C@@H]3CCNC3)CC2)cs1. The number of ketones is 1. The molecule has 2 saturated heterocycles. The second-order valence-corrected chi connectivity index (χ2v) is 6.75. The number of nitrogens with zero attached hydrogens (tertiary/aromatic N) is 2. The van der Waals surface area contributed by atoms with E-state index in [-0.39, 0.29) is 5.78 Å². The molecule has 0 bridgehead atoms. The zero-order valence-electron chi connectivity index (χ0n) is 12.1. The molecule has 20 heavy (non-hydrogen) atoms. The van der Waals surface area contributed by atoms with Gasteiger partial charge in [0, 0.05) is 45.3 Å². The zero-order chi connectivity index (χ0) is 13.9. The van der Waals surface area contributed by atoms with E-state index in [1.165, 1.54) is 31.6 Å². The van der Waals surface area contributed by atoms with Crippen molar-refractivity contribution in [3.63, 3.8) is 0 Å². The fraction of sp³-hybridized carbons (Fsp3) is 0.667. The maximum Gasteiger partial charge on any atom is 0.169 e. The highest BCUT2D eigenvalue weighted by molar-refractivity contribution is 7.12. The molecule has 0 amide bonds. The molecule has 3 rings (SSSR count). The molecule has 1 aromatic rings. The predicted octanol–water partition coefficient (Wildman–Crippen LogP) is 1.43. The summed E-state index contributed by atoms with van der Waals surface area (Å²) in [5.74, 6) is 0.180. The standard InChI is InChI=1S/C15H23N3OS/c1-12(19)15-8-13(11-20-15)10-17-4-6-18(7-5-17)14-2-3-16-9-14/h8,11,14,16H,2-7,9-10H2,1H3/t14-/m1/s1. The molecule has 1 N–H and O–H groups in total. The Bertz CT molecular complexity index is 459. The number of rotatable bonds is 4. The van der Waals surface area contributed by atoms with Crippen molar-refractivity contribution in [2.45, 2.75) is 25.9 Å². The smallest absolute Gasteiger partial charge is 0.169 e. The number of hydrogen-bond donors (Lipinski definition) is 1. The van der Waals surface area contributed by atoms with Crippen LogP contribution in [-0.2, 0) is 6.54 Å². The monoisotopic (exact) mass is 293 g/mol. The van der Waals surface area contributed by atoms with Crippen LogP contribution in [0.2, 0.25) is 0 Å². The molecule has 0 spiro atoms. The molecule has 0 aromatic carbocycles. The van der Waals surface area contributed by atoms with E-state index in [1.807, 2.05) is 0 Å². The minimum Gasteiger partial charge on any atom is -0.315 e.